The fourth-order valence-corrected chi connectivity index (χ4v) is 2.41. The van der Waals surface area contributed by atoms with Crippen LogP contribution in [0.1, 0.15) is 24.4 Å². The molecular formula is C12H20N6O. The summed E-state index contributed by atoms with van der Waals surface area (Å²) in [5.41, 5.74) is 8.76. The molecule has 1 aromatic rings. The Bertz CT molecular complexity index is 464. The highest BCUT2D eigenvalue weighted by Crippen LogP contribution is 2.17. The maximum Gasteiger partial charge on any atom is 0.221 e. The first-order chi connectivity index (χ1) is 9.08. The van der Waals surface area contributed by atoms with Crippen molar-refractivity contribution in [2.45, 2.75) is 26.3 Å². The molecule has 19 heavy (non-hydrogen) atoms. The Morgan fingerprint density at radius 1 is 1.58 bits per heavy atom. The molecule has 7 heteroatoms. The fraction of sp³-hybridized carbons (Fsp3) is 0.583. The van der Waals surface area contributed by atoms with E-state index in [4.69, 9.17) is 11.6 Å². The minimum absolute atomic E-state index is 0.0642. The molecular weight excluding hydrogens is 244 g/mol. The van der Waals surface area contributed by atoms with Crippen molar-refractivity contribution < 1.29 is 4.79 Å². The predicted molar refractivity (Wildman–Crippen MR) is 71.8 cm³/mol. The molecule has 0 aromatic carbocycles. The van der Waals surface area contributed by atoms with E-state index in [0.717, 1.165) is 25.1 Å². The van der Waals surface area contributed by atoms with Crippen molar-refractivity contribution in [1.29, 1.82) is 0 Å². The molecule has 0 spiro atoms. The predicted octanol–water partition coefficient (Wildman–Crippen LogP) is -0.232. The van der Waals surface area contributed by atoms with Crippen LogP contribution in [0.3, 0.4) is 0 Å². The van der Waals surface area contributed by atoms with Gasteiger partial charge in [-0.05, 0) is 26.3 Å². The van der Waals surface area contributed by atoms with Gasteiger partial charge in [0.05, 0.1) is 12.5 Å². The second-order valence-corrected chi connectivity index (χ2v) is 4.93. The molecule has 7 nitrogen and oxygen atoms in total. The molecule has 1 aromatic heterocycles. The molecule has 0 radical (unpaired) electrons. The Hall–Kier alpha value is -1.73. The van der Waals surface area contributed by atoms with Crippen molar-refractivity contribution in [3.63, 3.8) is 0 Å². The van der Waals surface area contributed by atoms with Crippen LogP contribution in [-0.4, -0.2) is 33.9 Å². The number of aromatic nitrogens is 2. The van der Waals surface area contributed by atoms with Gasteiger partial charge in [0.2, 0.25) is 5.91 Å². The summed E-state index contributed by atoms with van der Waals surface area (Å²) in [6.45, 7) is 4.12. The number of piperidine rings is 1. The topological polar surface area (TPSA) is 110 Å². The monoisotopic (exact) mass is 264 g/mol. The number of anilines is 1. The maximum atomic E-state index is 11.2. The first kappa shape index (κ1) is 13.7. The number of nitrogens with two attached hydrogens (primary N) is 2. The van der Waals surface area contributed by atoms with E-state index in [1.54, 1.807) is 6.07 Å². The van der Waals surface area contributed by atoms with E-state index < -0.39 is 0 Å². The average molecular weight is 264 g/mol. The summed E-state index contributed by atoms with van der Waals surface area (Å²) in [4.78, 5) is 22.1. The lowest BCUT2D eigenvalue weighted by molar-refractivity contribution is -0.123. The summed E-state index contributed by atoms with van der Waals surface area (Å²) in [7, 11) is 0. The lowest BCUT2D eigenvalue weighted by atomic mass is 9.97. The maximum absolute atomic E-state index is 11.2. The van der Waals surface area contributed by atoms with Crippen LogP contribution in [0.15, 0.2) is 6.07 Å². The summed E-state index contributed by atoms with van der Waals surface area (Å²) in [5.74, 6) is 6.39. The molecule has 1 aliphatic heterocycles. The van der Waals surface area contributed by atoms with Gasteiger partial charge in [-0.15, -0.1) is 0 Å². The van der Waals surface area contributed by atoms with Crippen molar-refractivity contribution in [3.8, 4) is 0 Å². The average Bonchev–Trinajstić information content (AvgIpc) is 2.38. The Morgan fingerprint density at radius 3 is 3.05 bits per heavy atom. The van der Waals surface area contributed by atoms with Gasteiger partial charge >= 0.3 is 0 Å². The number of nitrogen functional groups attached to an aromatic ring is 1. The molecule has 0 aliphatic carbocycles. The summed E-state index contributed by atoms with van der Waals surface area (Å²) in [6, 6.07) is 1.78. The highest BCUT2D eigenvalue weighted by atomic mass is 16.1. The van der Waals surface area contributed by atoms with Gasteiger partial charge < -0.3 is 11.2 Å². The van der Waals surface area contributed by atoms with Gasteiger partial charge in [-0.3, -0.25) is 9.69 Å². The number of hydrogen-bond acceptors (Lipinski definition) is 6. The highest BCUT2D eigenvalue weighted by molar-refractivity contribution is 5.76. The van der Waals surface area contributed by atoms with Crippen molar-refractivity contribution in [3.05, 3.63) is 17.6 Å². The highest BCUT2D eigenvalue weighted by Gasteiger charge is 2.24. The van der Waals surface area contributed by atoms with Crippen LogP contribution in [0, 0.1) is 12.8 Å². The molecule has 2 rings (SSSR count). The van der Waals surface area contributed by atoms with Gasteiger partial charge in [-0.1, -0.05) is 0 Å². The van der Waals surface area contributed by atoms with E-state index >= 15 is 0 Å². The molecule has 1 unspecified atom stereocenters. The van der Waals surface area contributed by atoms with Crippen molar-refractivity contribution >= 4 is 11.7 Å². The lowest BCUT2D eigenvalue weighted by Gasteiger charge is -2.30. The molecule has 0 saturated carbocycles. The lowest BCUT2D eigenvalue weighted by Crippen LogP contribution is -2.41. The number of amides is 1. The normalized spacial score (nSPS) is 20.2. The van der Waals surface area contributed by atoms with Gasteiger partial charge in [-0.25, -0.2) is 15.8 Å². The van der Waals surface area contributed by atoms with Crippen molar-refractivity contribution in [2.75, 3.05) is 18.5 Å². The van der Waals surface area contributed by atoms with E-state index in [-0.39, 0.29) is 11.8 Å². The number of aryl methyl sites for hydroxylation is 1. The number of primary amides is 1. The molecule has 104 valence electrons. The molecule has 1 fully saturated rings. The smallest absolute Gasteiger partial charge is 0.221 e. The Balaban J connectivity index is 2.04. The van der Waals surface area contributed by atoms with Crippen LogP contribution in [0.5, 0.6) is 0 Å². The van der Waals surface area contributed by atoms with Crippen LogP contribution in [0.4, 0.5) is 5.82 Å². The van der Waals surface area contributed by atoms with Crippen LogP contribution in [0.2, 0.25) is 0 Å². The molecule has 5 N–H and O–H groups in total. The third-order valence-electron chi connectivity index (χ3n) is 3.32. The van der Waals surface area contributed by atoms with Crippen LogP contribution in [-0.2, 0) is 11.3 Å². The minimum atomic E-state index is -0.223. The third-order valence-corrected chi connectivity index (χ3v) is 3.32. The summed E-state index contributed by atoms with van der Waals surface area (Å²) < 4.78 is 0. The minimum Gasteiger partial charge on any atom is -0.369 e. The molecule has 0 bridgehead atoms. The van der Waals surface area contributed by atoms with E-state index in [9.17, 15) is 4.79 Å². The fourth-order valence-electron chi connectivity index (χ4n) is 2.41. The van der Waals surface area contributed by atoms with Crippen molar-refractivity contribution in [1.82, 2.24) is 14.9 Å². The number of carbonyl (C=O) groups excluding carboxylic acids is 1. The Morgan fingerprint density at radius 2 is 2.37 bits per heavy atom. The second kappa shape index (κ2) is 5.94. The number of hydrogen-bond donors (Lipinski definition) is 3. The summed E-state index contributed by atoms with van der Waals surface area (Å²) >= 11 is 0. The Kier molecular flexibility index (Phi) is 4.28. The van der Waals surface area contributed by atoms with Crippen LogP contribution < -0.4 is 17.0 Å². The first-order valence-corrected chi connectivity index (χ1v) is 6.41. The SMILES string of the molecule is Cc1cc(NN)nc(CN2CCCC(C(N)=O)C2)n1. The standard InChI is InChI=1S/C12H20N6O/c1-8-5-10(17-14)16-11(15-8)7-18-4-2-3-9(6-18)12(13)19/h5,9H,2-4,6-7,14H2,1H3,(H2,13,19)(H,15,16,17). The van der Waals surface area contributed by atoms with E-state index in [1.165, 1.54) is 0 Å². The number of nitrogens with zero attached hydrogens (tertiary/aromatic N) is 3. The number of rotatable bonds is 4. The van der Waals surface area contributed by atoms with Gasteiger partial charge in [0.1, 0.15) is 11.6 Å². The molecule has 1 saturated heterocycles. The number of likely N-dealkylation sites (tertiary alicyclic amines) is 1. The van der Waals surface area contributed by atoms with Gasteiger partial charge in [0.15, 0.2) is 0 Å². The van der Waals surface area contributed by atoms with E-state index in [1.807, 2.05) is 6.92 Å². The first-order valence-electron chi connectivity index (χ1n) is 6.41. The molecule has 1 aliphatic rings. The van der Waals surface area contributed by atoms with Crippen LogP contribution >= 0.6 is 0 Å². The molecule has 2 heterocycles. The number of carbonyl (C=O) groups is 1. The zero-order valence-corrected chi connectivity index (χ0v) is 11.1. The summed E-state index contributed by atoms with van der Waals surface area (Å²) in [5, 5.41) is 0. The molecule has 1 amide bonds. The van der Waals surface area contributed by atoms with E-state index in [0.29, 0.717) is 24.7 Å². The van der Waals surface area contributed by atoms with Gasteiger partial charge in [-0.2, -0.15) is 0 Å². The largest absolute Gasteiger partial charge is 0.369 e. The number of hydrazine groups is 1. The quantitative estimate of drug-likeness (QED) is 0.512. The Labute approximate surface area is 112 Å². The third kappa shape index (κ3) is 3.62. The van der Waals surface area contributed by atoms with Gasteiger partial charge in [0.25, 0.3) is 0 Å². The summed E-state index contributed by atoms with van der Waals surface area (Å²) in [6.07, 6.45) is 1.84. The number of nitrogens with one attached hydrogen (secondary N) is 1. The van der Waals surface area contributed by atoms with Gasteiger partial charge in [0, 0.05) is 18.3 Å². The van der Waals surface area contributed by atoms with Crippen LogP contribution in [0.25, 0.3) is 0 Å². The van der Waals surface area contributed by atoms with Crippen molar-refractivity contribution in [2.24, 2.45) is 17.5 Å². The molecule has 1 atom stereocenters. The zero-order chi connectivity index (χ0) is 13.8. The zero-order valence-electron chi connectivity index (χ0n) is 11.1. The second-order valence-electron chi connectivity index (χ2n) is 4.93. The van der Waals surface area contributed by atoms with E-state index in [2.05, 4.69) is 20.3 Å².